The predicted octanol–water partition coefficient (Wildman–Crippen LogP) is 1.04. The van der Waals surface area contributed by atoms with Crippen LogP contribution in [0.4, 0.5) is 0 Å². The molecule has 1 N–H and O–H groups in total. The summed E-state index contributed by atoms with van der Waals surface area (Å²) in [7, 11) is 3.41. The molecule has 0 bridgehead atoms. The molecule has 1 aliphatic rings. The van der Waals surface area contributed by atoms with Crippen LogP contribution >= 0.6 is 12.2 Å². The highest BCUT2D eigenvalue weighted by atomic mass is 32.1. The summed E-state index contributed by atoms with van der Waals surface area (Å²) in [5.41, 5.74) is 1.06. The second-order valence-electron chi connectivity index (χ2n) is 6.24. The number of quaternary nitrogens is 1. The predicted molar refractivity (Wildman–Crippen MR) is 92.9 cm³/mol. The van der Waals surface area contributed by atoms with Crippen molar-refractivity contribution < 1.29 is 14.4 Å². The molecule has 1 aromatic carbocycles. The van der Waals surface area contributed by atoms with Crippen molar-refractivity contribution in [3.05, 3.63) is 35.1 Å². The van der Waals surface area contributed by atoms with Crippen LogP contribution in [0.5, 0.6) is 0 Å². The molecule has 0 spiro atoms. The number of rotatable bonds is 4. The van der Waals surface area contributed by atoms with Gasteiger partial charge in [0.2, 0.25) is 4.77 Å². The van der Waals surface area contributed by atoms with Gasteiger partial charge in [0.15, 0.2) is 12.5 Å². The van der Waals surface area contributed by atoms with Gasteiger partial charge in [0.05, 0.1) is 26.1 Å². The standard InChI is InChI=1S/C17H22N4O2S/c1-19-15(13-6-4-3-5-7-13)18-21(17(19)24)12-20-10-8-14(9-11-20)16(22)23-2/h3-7,14H,8-12H2,1-2H3/p+1. The van der Waals surface area contributed by atoms with E-state index in [1.165, 1.54) is 12.0 Å². The number of methoxy groups -OCH3 is 1. The van der Waals surface area contributed by atoms with E-state index >= 15 is 0 Å². The minimum atomic E-state index is -0.0881. The molecule has 24 heavy (non-hydrogen) atoms. The number of benzene rings is 1. The number of ether oxygens (including phenoxy) is 1. The first-order chi connectivity index (χ1) is 11.6. The smallest absolute Gasteiger partial charge is 0.309 e. The van der Waals surface area contributed by atoms with Crippen LogP contribution in [-0.2, 0) is 23.2 Å². The molecule has 6 nitrogen and oxygen atoms in total. The summed E-state index contributed by atoms with van der Waals surface area (Å²) in [4.78, 5) is 13.0. The Bertz CT molecular complexity index is 761. The third-order valence-electron chi connectivity index (χ3n) is 4.67. The van der Waals surface area contributed by atoms with E-state index < -0.39 is 0 Å². The Morgan fingerprint density at radius 1 is 1.33 bits per heavy atom. The van der Waals surface area contributed by atoms with E-state index in [0.29, 0.717) is 0 Å². The number of nitrogens with zero attached hydrogens (tertiary/aromatic N) is 3. The van der Waals surface area contributed by atoms with E-state index in [-0.39, 0.29) is 11.9 Å². The lowest BCUT2D eigenvalue weighted by molar-refractivity contribution is -0.929. The third-order valence-corrected chi connectivity index (χ3v) is 5.16. The zero-order chi connectivity index (χ0) is 17.1. The third kappa shape index (κ3) is 3.42. The highest BCUT2D eigenvalue weighted by Crippen LogP contribution is 2.16. The molecular formula is C17H23N4O2S+. The summed E-state index contributed by atoms with van der Waals surface area (Å²) in [6, 6.07) is 10.1. The topological polar surface area (TPSA) is 53.5 Å². The molecule has 0 unspecified atom stereocenters. The number of esters is 1. The molecule has 1 fully saturated rings. The molecular weight excluding hydrogens is 324 g/mol. The van der Waals surface area contributed by atoms with Gasteiger partial charge in [-0.05, 0) is 12.2 Å². The molecule has 1 aromatic heterocycles. The Balaban J connectivity index is 1.71. The zero-order valence-electron chi connectivity index (χ0n) is 14.1. The Morgan fingerprint density at radius 3 is 2.62 bits per heavy atom. The van der Waals surface area contributed by atoms with Crippen LogP contribution in [-0.4, -0.2) is 40.5 Å². The largest absolute Gasteiger partial charge is 0.469 e. The molecule has 0 radical (unpaired) electrons. The van der Waals surface area contributed by atoms with Gasteiger partial charge in [-0.15, -0.1) is 5.10 Å². The van der Waals surface area contributed by atoms with Crippen molar-refractivity contribution in [2.24, 2.45) is 13.0 Å². The SMILES string of the molecule is COC(=O)C1CC[NH+](Cn2nc(-c3ccccc3)n(C)c2=S)CC1. The maximum Gasteiger partial charge on any atom is 0.309 e. The monoisotopic (exact) mass is 347 g/mol. The molecule has 2 aromatic rings. The quantitative estimate of drug-likeness (QED) is 0.663. The number of likely N-dealkylation sites (tertiary alicyclic amines) is 1. The van der Waals surface area contributed by atoms with E-state index in [9.17, 15) is 4.79 Å². The summed E-state index contributed by atoms with van der Waals surface area (Å²) in [5, 5.41) is 4.71. The van der Waals surface area contributed by atoms with Crippen molar-refractivity contribution >= 4 is 18.2 Å². The van der Waals surface area contributed by atoms with Crippen LogP contribution in [0.15, 0.2) is 30.3 Å². The van der Waals surface area contributed by atoms with Crippen molar-refractivity contribution in [3.63, 3.8) is 0 Å². The lowest BCUT2D eigenvalue weighted by Gasteiger charge is -2.27. The number of carbonyl (C=O) groups excluding carboxylic acids is 1. The Hall–Kier alpha value is -1.99. The maximum absolute atomic E-state index is 11.6. The van der Waals surface area contributed by atoms with Crippen LogP contribution in [0, 0.1) is 10.7 Å². The summed E-state index contributed by atoms with van der Waals surface area (Å²) >= 11 is 5.54. The van der Waals surface area contributed by atoms with E-state index in [1.807, 2.05) is 46.6 Å². The molecule has 128 valence electrons. The zero-order valence-corrected chi connectivity index (χ0v) is 14.9. The molecule has 3 rings (SSSR count). The summed E-state index contributed by atoms with van der Waals surface area (Å²) in [5.74, 6) is 0.828. The number of piperidine rings is 1. The fourth-order valence-corrected chi connectivity index (χ4v) is 3.42. The number of hydrogen-bond acceptors (Lipinski definition) is 4. The van der Waals surface area contributed by atoms with Crippen LogP contribution < -0.4 is 4.90 Å². The number of aromatic nitrogens is 3. The molecule has 0 atom stereocenters. The van der Waals surface area contributed by atoms with Gasteiger partial charge in [-0.3, -0.25) is 4.79 Å². The Morgan fingerprint density at radius 2 is 2.00 bits per heavy atom. The van der Waals surface area contributed by atoms with Crippen molar-refractivity contribution in [2.75, 3.05) is 20.2 Å². The van der Waals surface area contributed by atoms with Gasteiger partial charge < -0.3 is 14.2 Å². The molecule has 0 amide bonds. The molecule has 0 aliphatic carbocycles. The van der Waals surface area contributed by atoms with Crippen molar-refractivity contribution in [1.29, 1.82) is 0 Å². The first kappa shape index (κ1) is 16.9. The van der Waals surface area contributed by atoms with Crippen LogP contribution in [0.2, 0.25) is 0 Å². The molecule has 1 saturated heterocycles. The van der Waals surface area contributed by atoms with E-state index in [4.69, 9.17) is 22.1 Å². The van der Waals surface area contributed by atoms with Crippen molar-refractivity contribution in [1.82, 2.24) is 14.3 Å². The minimum absolute atomic E-state index is 0.0373. The van der Waals surface area contributed by atoms with Gasteiger partial charge in [0.25, 0.3) is 0 Å². The Kier molecular flexibility index (Phi) is 5.11. The van der Waals surface area contributed by atoms with E-state index in [2.05, 4.69) is 0 Å². The highest BCUT2D eigenvalue weighted by molar-refractivity contribution is 7.71. The average molecular weight is 347 g/mol. The highest BCUT2D eigenvalue weighted by Gasteiger charge is 2.28. The fourth-order valence-electron chi connectivity index (χ4n) is 3.23. The van der Waals surface area contributed by atoms with E-state index in [1.54, 1.807) is 0 Å². The lowest BCUT2D eigenvalue weighted by Crippen LogP contribution is -3.12. The summed E-state index contributed by atoms with van der Waals surface area (Å²) in [6.07, 6.45) is 1.71. The summed E-state index contributed by atoms with van der Waals surface area (Å²) in [6.45, 7) is 2.59. The maximum atomic E-state index is 11.6. The van der Waals surface area contributed by atoms with E-state index in [0.717, 1.165) is 48.8 Å². The first-order valence-corrected chi connectivity index (χ1v) is 8.61. The minimum Gasteiger partial charge on any atom is -0.469 e. The molecule has 0 saturated carbocycles. The number of hydrogen-bond donors (Lipinski definition) is 1. The number of carbonyl (C=O) groups is 1. The molecule has 2 heterocycles. The van der Waals surface area contributed by atoms with Crippen LogP contribution in [0.3, 0.4) is 0 Å². The fraction of sp³-hybridized carbons (Fsp3) is 0.471. The second-order valence-corrected chi connectivity index (χ2v) is 6.60. The van der Waals surface area contributed by atoms with Crippen molar-refractivity contribution in [3.8, 4) is 11.4 Å². The summed E-state index contributed by atoms with van der Waals surface area (Å²) < 4.78 is 9.41. The van der Waals surface area contributed by atoms with Gasteiger partial charge in [-0.2, -0.15) is 4.68 Å². The van der Waals surface area contributed by atoms with Gasteiger partial charge in [-0.1, -0.05) is 30.3 Å². The van der Waals surface area contributed by atoms with Gasteiger partial charge in [-0.25, -0.2) is 0 Å². The van der Waals surface area contributed by atoms with Gasteiger partial charge in [0, 0.05) is 25.5 Å². The first-order valence-electron chi connectivity index (χ1n) is 8.21. The molecule has 1 aliphatic heterocycles. The second kappa shape index (κ2) is 7.27. The van der Waals surface area contributed by atoms with Crippen LogP contribution in [0.25, 0.3) is 11.4 Å². The lowest BCUT2D eigenvalue weighted by atomic mass is 9.97. The normalized spacial score (nSPS) is 20.8. The van der Waals surface area contributed by atoms with Crippen molar-refractivity contribution in [2.45, 2.75) is 19.5 Å². The molecule has 7 heteroatoms. The van der Waals surface area contributed by atoms with Gasteiger partial charge >= 0.3 is 5.97 Å². The number of nitrogens with one attached hydrogen (secondary N) is 1. The van der Waals surface area contributed by atoms with Crippen LogP contribution in [0.1, 0.15) is 12.8 Å². The Labute approximate surface area is 146 Å². The van der Waals surface area contributed by atoms with Gasteiger partial charge in [0.1, 0.15) is 0 Å². The average Bonchev–Trinajstić information content (AvgIpc) is 2.91.